The molecule has 0 aliphatic heterocycles. The van der Waals surface area contributed by atoms with Crippen LogP contribution in [0.3, 0.4) is 0 Å². The van der Waals surface area contributed by atoms with Crippen molar-refractivity contribution in [3.05, 3.63) is 35.4 Å². The van der Waals surface area contributed by atoms with Gasteiger partial charge in [0.05, 0.1) is 6.04 Å². The molecule has 1 aromatic carbocycles. The summed E-state index contributed by atoms with van der Waals surface area (Å²) in [6.07, 6.45) is 1.57. The molecule has 1 atom stereocenters. The number of nitrogens with two attached hydrogens (primary N) is 1. The second-order valence-electron chi connectivity index (χ2n) is 4.39. The highest BCUT2D eigenvalue weighted by Crippen LogP contribution is 2.04. The number of rotatable bonds is 6. The third-order valence-corrected chi connectivity index (χ3v) is 2.85. The third kappa shape index (κ3) is 4.71. The van der Waals surface area contributed by atoms with Crippen molar-refractivity contribution in [2.75, 3.05) is 7.05 Å². The number of hydrogen-bond acceptors (Lipinski definition) is 3. The summed E-state index contributed by atoms with van der Waals surface area (Å²) in [5.41, 5.74) is 7.24. The van der Waals surface area contributed by atoms with Gasteiger partial charge in [0.2, 0.25) is 5.91 Å². The average molecular weight is 263 g/mol. The van der Waals surface area contributed by atoms with Gasteiger partial charge in [-0.3, -0.25) is 9.59 Å². The van der Waals surface area contributed by atoms with Crippen molar-refractivity contribution < 1.29 is 9.59 Å². The summed E-state index contributed by atoms with van der Waals surface area (Å²) >= 11 is 0. The molecule has 0 aliphatic rings. The Bertz CT molecular complexity index is 429. The summed E-state index contributed by atoms with van der Waals surface area (Å²) in [4.78, 5) is 23.0. The number of hydrogen-bond donors (Lipinski definition) is 3. The molecule has 0 heterocycles. The molecule has 19 heavy (non-hydrogen) atoms. The Hall–Kier alpha value is -1.88. The van der Waals surface area contributed by atoms with Gasteiger partial charge in [0.1, 0.15) is 0 Å². The normalized spacial score (nSPS) is 11.7. The summed E-state index contributed by atoms with van der Waals surface area (Å²) < 4.78 is 0. The van der Waals surface area contributed by atoms with E-state index in [0.717, 1.165) is 12.0 Å². The standard InChI is InChI=1S/C14H21N3O2/c1-3-4-12(15)14(19)17-9-10-5-7-11(8-6-10)13(18)16-2/h5-8,12H,3-4,9,15H2,1-2H3,(H,16,18)(H,17,19)/t12-/m0/s1. The average Bonchev–Trinajstić information content (AvgIpc) is 2.44. The lowest BCUT2D eigenvalue weighted by Gasteiger charge is -2.11. The molecule has 0 radical (unpaired) electrons. The highest BCUT2D eigenvalue weighted by atomic mass is 16.2. The van der Waals surface area contributed by atoms with Crippen LogP contribution in [-0.4, -0.2) is 24.9 Å². The number of carbonyl (C=O) groups excluding carboxylic acids is 2. The minimum atomic E-state index is -0.449. The minimum Gasteiger partial charge on any atom is -0.355 e. The highest BCUT2D eigenvalue weighted by Gasteiger charge is 2.11. The van der Waals surface area contributed by atoms with Crippen LogP contribution in [0.5, 0.6) is 0 Å². The maximum Gasteiger partial charge on any atom is 0.251 e. The first-order valence-corrected chi connectivity index (χ1v) is 6.42. The van der Waals surface area contributed by atoms with Crippen molar-refractivity contribution in [1.29, 1.82) is 0 Å². The fraction of sp³-hybridized carbons (Fsp3) is 0.429. The van der Waals surface area contributed by atoms with Crippen LogP contribution in [0.25, 0.3) is 0 Å². The van der Waals surface area contributed by atoms with Gasteiger partial charge in [-0.15, -0.1) is 0 Å². The predicted molar refractivity (Wildman–Crippen MR) is 74.6 cm³/mol. The molecule has 0 saturated heterocycles. The lowest BCUT2D eigenvalue weighted by molar-refractivity contribution is -0.122. The van der Waals surface area contributed by atoms with Crippen LogP contribution in [0.1, 0.15) is 35.7 Å². The van der Waals surface area contributed by atoms with Crippen LogP contribution < -0.4 is 16.4 Å². The highest BCUT2D eigenvalue weighted by molar-refractivity contribution is 5.93. The van der Waals surface area contributed by atoms with Crippen molar-refractivity contribution in [2.45, 2.75) is 32.4 Å². The topological polar surface area (TPSA) is 84.2 Å². The van der Waals surface area contributed by atoms with Crippen LogP contribution in [0.4, 0.5) is 0 Å². The molecule has 0 fully saturated rings. The SMILES string of the molecule is CCC[C@H](N)C(=O)NCc1ccc(C(=O)NC)cc1. The van der Waals surface area contributed by atoms with E-state index in [2.05, 4.69) is 10.6 Å². The van der Waals surface area contributed by atoms with E-state index in [4.69, 9.17) is 5.73 Å². The third-order valence-electron chi connectivity index (χ3n) is 2.85. The van der Waals surface area contributed by atoms with Gasteiger partial charge < -0.3 is 16.4 Å². The van der Waals surface area contributed by atoms with E-state index in [1.807, 2.05) is 19.1 Å². The quantitative estimate of drug-likeness (QED) is 0.709. The van der Waals surface area contributed by atoms with E-state index in [0.29, 0.717) is 18.5 Å². The molecule has 2 amide bonds. The first kappa shape index (κ1) is 15.2. The van der Waals surface area contributed by atoms with E-state index in [-0.39, 0.29) is 11.8 Å². The molecular formula is C14H21N3O2. The molecule has 4 N–H and O–H groups in total. The number of amides is 2. The van der Waals surface area contributed by atoms with Gasteiger partial charge in [-0.05, 0) is 24.1 Å². The maximum atomic E-state index is 11.6. The number of benzene rings is 1. The van der Waals surface area contributed by atoms with Crippen LogP contribution in [-0.2, 0) is 11.3 Å². The first-order valence-electron chi connectivity index (χ1n) is 6.42. The van der Waals surface area contributed by atoms with Crippen molar-refractivity contribution in [1.82, 2.24) is 10.6 Å². The molecule has 104 valence electrons. The Morgan fingerprint density at radius 3 is 2.42 bits per heavy atom. The van der Waals surface area contributed by atoms with Crippen molar-refractivity contribution >= 4 is 11.8 Å². The molecule has 0 unspecified atom stereocenters. The van der Waals surface area contributed by atoms with Crippen LogP contribution >= 0.6 is 0 Å². The Labute approximate surface area is 113 Å². The van der Waals surface area contributed by atoms with Gasteiger partial charge in [0.25, 0.3) is 5.91 Å². The molecule has 0 aromatic heterocycles. The van der Waals surface area contributed by atoms with Gasteiger partial charge in [-0.2, -0.15) is 0 Å². The molecule has 5 heteroatoms. The summed E-state index contributed by atoms with van der Waals surface area (Å²) in [5.74, 6) is -0.266. The van der Waals surface area contributed by atoms with Gasteiger partial charge in [-0.1, -0.05) is 25.5 Å². The Morgan fingerprint density at radius 2 is 1.89 bits per heavy atom. The van der Waals surface area contributed by atoms with Crippen molar-refractivity contribution in [2.24, 2.45) is 5.73 Å². The molecule has 1 aromatic rings. The zero-order valence-corrected chi connectivity index (χ0v) is 11.4. The Balaban J connectivity index is 2.50. The van der Waals surface area contributed by atoms with E-state index in [9.17, 15) is 9.59 Å². The number of carbonyl (C=O) groups is 2. The Morgan fingerprint density at radius 1 is 1.26 bits per heavy atom. The molecule has 0 spiro atoms. The summed E-state index contributed by atoms with van der Waals surface area (Å²) in [7, 11) is 1.59. The Kier molecular flexibility index (Phi) is 6.02. The molecular weight excluding hydrogens is 242 g/mol. The zero-order chi connectivity index (χ0) is 14.3. The summed E-state index contributed by atoms with van der Waals surface area (Å²) in [6, 6.07) is 6.64. The fourth-order valence-corrected chi connectivity index (χ4v) is 1.68. The smallest absolute Gasteiger partial charge is 0.251 e. The van der Waals surface area contributed by atoms with E-state index in [1.165, 1.54) is 0 Å². The van der Waals surface area contributed by atoms with Crippen molar-refractivity contribution in [3.63, 3.8) is 0 Å². The predicted octanol–water partition coefficient (Wildman–Crippen LogP) is 0.790. The van der Waals surface area contributed by atoms with Gasteiger partial charge in [-0.25, -0.2) is 0 Å². The zero-order valence-electron chi connectivity index (χ0n) is 11.4. The molecule has 1 rings (SSSR count). The second kappa shape index (κ2) is 7.53. The monoisotopic (exact) mass is 263 g/mol. The fourth-order valence-electron chi connectivity index (χ4n) is 1.68. The van der Waals surface area contributed by atoms with Crippen molar-refractivity contribution in [3.8, 4) is 0 Å². The molecule has 0 bridgehead atoms. The molecule has 0 saturated carbocycles. The molecule has 0 aliphatic carbocycles. The maximum absolute atomic E-state index is 11.6. The van der Waals surface area contributed by atoms with Gasteiger partial charge in [0.15, 0.2) is 0 Å². The van der Waals surface area contributed by atoms with Gasteiger partial charge >= 0.3 is 0 Å². The summed E-state index contributed by atoms with van der Waals surface area (Å²) in [5, 5.41) is 5.34. The number of nitrogens with one attached hydrogen (secondary N) is 2. The van der Waals surface area contributed by atoms with Gasteiger partial charge in [0, 0.05) is 19.2 Å². The minimum absolute atomic E-state index is 0.124. The van der Waals surface area contributed by atoms with Crippen LogP contribution in [0, 0.1) is 0 Å². The lowest BCUT2D eigenvalue weighted by atomic mass is 10.1. The van der Waals surface area contributed by atoms with Crippen LogP contribution in [0.2, 0.25) is 0 Å². The second-order valence-corrected chi connectivity index (χ2v) is 4.39. The first-order chi connectivity index (χ1) is 9.08. The largest absolute Gasteiger partial charge is 0.355 e. The van der Waals surface area contributed by atoms with Crippen LogP contribution in [0.15, 0.2) is 24.3 Å². The van der Waals surface area contributed by atoms with E-state index < -0.39 is 6.04 Å². The van der Waals surface area contributed by atoms with E-state index in [1.54, 1.807) is 19.2 Å². The lowest BCUT2D eigenvalue weighted by Crippen LogP contribution is -2.40. The molecule has 5 nitrogen and oxygen atoms in total. The van der Waals surface area contributed by atoms with E-state index >= 15 is 0 Å². The summed E-state index contributed by atoms with van der Waals surface area (Å²) in [6.45, 7) is 2.41.